The van der Waals surface area contributed by atoms with Crippen LogP contribution in [-0.2, 0) is 22.6 Å². The van der Waals surface area contributed by atoms with Gasteiger partial charge in [0.2, 0.25) is 11.8 Å². The molecule has 0 radical (unpaired) electrons. The molecule has 1 saturated carbocycles. The highest BCUT2D eigenvalue weighted by Gasteiger charge is 2.39. The predicted molar refractivity (Wildman–Crippen MR) is 107 cm³/mol. The van der Waals surface area contributed by atoms with E-state index in [4.69, 9.17) is 0 Å². The lowest BCUT2D eigenvalue weighted by Crippen LogP contribution is -2.45. The SMILES string of the molecule is O=C(Cn1ncc2c(c1=O)N(C1CC1)C(=O)CS2)N1CCCc2ccccc21. The molecule has 1 aromatic heterocycles. The Bertz CT molecular complexity index is 1030. The van der Waals surface area contributed by atoms with Gasteiger partial charge in [0.05, 0.1) is 16.8 Å². The number of anilines is 2. The molecule has 0 spiro atoms. The van der Waals surface area contributed by atoms with E-state index in [1.807, 2.05) is 24.3 Å². The maximum atomic E-state index is 13.1. The molecule has 8 heteroatoms. The van der Waals surface area contributed by atoms with Crippen LogP contribution in [0.5, 0.6) is 0 Å². The van der Waals surface area contributed by atoms with Gasteiger partial charge in [-0.2, -0.15) is 5.10 Å². The molecular formula is C20H20N4O3S. The Hall–Kier alpha value is -2.61. The van der Waals surface area contributed by atoms with Crippen molar-refractivity contribution >= 4 is 35.0 Å². The first-order valence-corrected chi connectivity index (χ1v) is 10.6. The molecule has 7 nitrogen and oxygen atoms in total. The number of thioether (sulfide) groups is 1. The van der Waals surface area contributed by atoms with Crippen molar-refractivity contribution in [2.75, 3.05) is 22.1 Å². The summed E-state index contributed by atoms with van der Waals surface area (Å²) in [6, 6.07) is 7.99. The zero-order valence-electron chi connectivity index (χ0n) is 15.3. The Labute approximate surface area is 166 Å². The third-order valence-electron chi connectivity index (χ3n) is 5.45. The minimum Gasteiger partial charge on any atom is -0.311 e. The first-order valence-electron chi connectivity index (χ1n) is 9.57. The molecule has 1 aliphatic carbocycles. The van der Waals surface area contributed by atoms with Gasteiger partial charge in [-0.1, -0.05) is 18.2 Å². The zero-order valence-corrected chi connectivity index (χ0v) is 16.2. The van der Waals surface area contributed by atoms with E-state index in [1.54, 1.807) is 16.0 Å². The van der Waals surface area contributed by atoms with Crippen molar-refractivity contribution in [3.05, 3.63) is 46.4 Å². The summed E-state index contributed by atoms with van der Waals surface area (Å²) in [5.41, 5.74) is 2.10. The molecule has 0 atom stereocenters. The number of hydrogen-bond acceptors (Lipinski definition) is 5. The number of rotatable bonds is 3. The van der Waals surface area contributed by atoms with Gasteiger partial charge in [0, 0.05) is 18.3 Å². The molecule has 0 N–H and O–H groups in total. The summed E-state index contributed by atoms with van der Waals surface area (Å²) in [5.74, 6) is 0.138. The Morgan fingerprint density at radius 2 is 2.04 bits per heavy atom. The molecule has 28 heavy (non-hydrogen) atoms. The fourth-order valence-corrected chi connectivity index (χ4v) is 4.82. The predicted octanol–water partition coefficient (Wildman–Crippen LogP) is 1.82. The van der Waals surface area contributed by atoms with E-state index >= 15 is 0 Å². The van der Waals surface area contributed by atoms with E-state index in [9.17, 15) is 14.4 Å². The average Bonchev–Trinajstić information content (AvgIpc) is 3.55. The first kappa shape index (κ1) is 17.5. The van der Waals surface area contributed by atoms with Gasteiger partial charge < -0.3 is 9.80 Å². The molecule has 0 saturated heterocycles. The lowest BCUT2D eigenvalue weighted by molar-refractivity contribution is -0.119. The van der Waals surface area contributed by atoms with Crippen LogP contribution in [0.1, 0.15) is 24.8 Å². The zero-order chi connectivity index (χ0) is 19.3. The number of aryl methyl sites for hydroxylation is 1. The van der Waals surface area contributed by atoms with Crippen LogP contribution in [0.15, 0.2) is 40.2 Å². The lowest BCUT2D eigenvalue weighted by Gasteiger charge is -2.30. The third kappa shape index (κ3) is 2.92. The highest BCUT2D eigenvalue weighted by atomic mass is 32.2. The molecule has 144 valence electrons. The Morgan fingerprint density at radius 3 is 2.86 bits per heavy atom. The van der Waals surface area contributed by atoms with Crippen LogP contribution in [0.4, 0.5) is 11.4 Å². The van der Waals surface area contributed by atoms with Crippen LogP contribution >= 0.6 is 11.8 Å². The maximum absolute atomic E-state index is 13.1. The van der Waals surface area contributed by atoms with Crippen molar-refractivity contribution in [1.82, 2.24) is 9.78 Å². The van der Waals surface area contributed by atoms with Gasteiger partial charge in [-0.3, -0.25) is 14.4 Å². The topological polar surface area (TPSA) is 75.5 Å². The van der Waals surface area contributed by atoms with Crippen LogP contribution in [0.3, 0.4) is 0 Å². The normalized spacial score (nSPS) is 18.6. The molecule has 2 amide bonds. The highest BCUT2D eigenvalue weighted by Crippen LogP contribution is 2.39. The van der Waals surface area contributed by atoms with E-state index in [1.165, 1.54) is 16.4 Å². The number of aromatic nitrogens is 2. The summed E-state index contributed by atoms with van der Waals surface area (Å²) in [6.45, 7) is 0.510. The summed E-state index contributed by atoms with van der Waals surface area (Å²) in [6.07, 6.45) is 5.30. The van der Waals surface area contributed by atoms with E-state index < -0.39 is 0 Å². The molecule has 0 unspecified atom stereocenters. The smallest absolute Gasteiger partial charge is 0.292 e. The van der Waals surface area contributed by atoms with Crippen molar-refractivity contribution in [3.63, 3.8) is 0 Å². The summed E-state index contributed by atoms with van der Waals surface area (Å²) in [4.78, 5) is 42.5. The Kier molecular flexibility index (Phi) is 4.23. The van der Waals surface area contributed by atoms with Crippen LogP contribution in [0.2, 0.25) is 0 Å². The average molecular weight is 396 g/mol. The minimum atomic E-state index is -0.358. The fourth-order valence-electron chi connectivity index (χ4n) is 3.96. The van der Waals surface area contributed by atoms with Crippen LogP contribution in [0, 0.1) is 0 Å². The number of para-hydroxylation sites is 1. The molecule has 1 aromatic carbocycles. The Balaban J connectivity index is 1.46. The summed E-state index contributed by atoms with van der Waals surface area (Å²) in [5, 5.41) is 4.22. The quantitative estimate of drug-likeness (QED) is 0.791. The molecule has 0 bridgehead atoms. The number of hydrogen-bond donors (Lipinski definition) is 0. The van der Waals surface area contributed by atoms with Crippen molar-refractivity contribution in [1.29, 1.82) is 0 Å². The van der Waals surface area contributed by atoms with Crippen molar-refractivity contribution in [3.8, 4) is 0 Å². The fraction of sp³-hybridized carbons (Fsp3) is 0.400. The number of carbonyl (C=O) groups excluding carboxylic acids is 2. The molecule has 2 aliphatic heterocycles. The third-order valence-corrected chi connectivity index (χ3v) is 6.45. The largest absolute Gasteiger partial charge is 0.311 e. The number of benzene rings is 1. The first-order chi connectivity index (χ1) is 13.6. The van der Waals surface area contributed by atoms with E-state index in [0.717, 1.165) is 41.8 Å². The van der Waals surface area contributed by atoms with E-state index in [2.05, 4.69) is 5.10 Å². The van der Waals surface area contributed by atoms with Crippen LogP contribution < -0.4 is 15.4 Å². The van der Waals surface area contributed by atoms with Gasteiger partial charge in [0.15, 0.2) is 0 Å². The van der Waals surface area contributed by atoms with E-state index in [0.29, 0.717) is 18.0 Å². The number of carbonyl (C=O) groups is 2. The van der Waals surface area contributed by atoms with Crippen LogP contribution in [-0.4, -0.2) is 39.9 Å². The minimum absolute atomic E-state index is 0.0360. The number of nitrogens with zero attached hydrogens (tertiary/aromatic N) is 4. The second-order valence-electron chi connectivity index (χ2n) is 7.38. The van der Waals surface area contributed by atoms with Crippen molar-refractivity contribution in [2.24, 2.45) is 0 Å². The van der Waals surface area contributed by atoms with Crippen molar-refractivity contribution in [2.45, 2.75) is 43.2 Å². The number of fused-ring (bicyclic) bond motifs is 2. The van der Waals surface area contributed by atoms with Crippen molar-refractivity contribution < 1.29 is 9.59 Å². The molecule has 1 fully saturated rings. The Morgan fingerprint density at radius 1 is 1.21 bits per heavy atom. The van der Waals surface area contributed by atoms with Gasteiger partial charge in [-0.25, -0.2) is 4.68 Å². The molecular weight excluding hydrogens is 376 g/mol. The van der Waals surface area contributed by atoms with Gasteiger partial charge >= 0.3 is 0 Å². The van der Waals surface area contributed by atoms with Gasteiger partial charge in [-0.05, 0) is 37.3 Å². The summed E-state index contributed by atoms with van der Waals surface area (Å²) >= 11 is 1.34. The van der Waals surface area contributed by atoms with Gasteiger partial charge in [-0.15, -0.1) is 11.8 Å². The summed E-state index contributed by atoms with van der Waals surface area (Å²) in [7, 11) is 0. The molecule has 3 heterocycles. The molecule has 3 aliphatic rings. The standard InChI is InChI=1S/C20H20N4O3S/c25-17(22-9-3-5-13-4-1-2-6-15(13)22)11-23-20(27)19-16(10-21-23)28-12-18(26)24(19)14-7-8-14/h1-2,4,6,10,14H,3,5,7-9,11-12H2. The maximum Gasteiger partial charge on any atom is 0.292 e. The van der Waals surface area contributed by atoms with Gasteiger partial charge in [0.1, 0.15) is 12.2 Å². The van der Waals surface area contributed by atoms with E-state index in [-0.39, 0.29) is 30.0 Å². The van der Waals surface area contributed by atoms with Crippen LogP contribution in [0.25, 0.3) is 0 Å². The number of amides is 2. The van der Waals surface area contributed by atoms with Gasteiger partial charge in [0.25, 0.3) is 5.56 Å². The lowest BCUT2D eigenvalue weighted by atomic mass is 10.0. The highest BCUT2D eigenvalue weighted by molar-refractivity contribution is 8.00. The summed E-state index contributed by atoms with van der Waals surface area (Å²) < 4.78 is 1.20. The monoisotopic (exact) mass is 396 g/mol. The molecule has 5 rings (SSSR count). The second kappa shape index (κ2) is 6.77. The molecule has 2 aromatic rings. The second-order valence-corrected chi connectivity index (χ2v) is 8.40.